The molecule has 1 atom stereocenters. The SMILES string of the molecule is C=CCCCCN1C[C@@]2(CCCc3cc(Cl)ccc32)COc2ccc(CC#N)cc21. The van der Waals surface area contributed by atoms with Crippen molar-refractivity contribution in [3.05, 3.63) is 70.8 Å². The molecule has 2 aromatic carbocycles. The normalized spacial score (nSPS) is 19.9. The predicted molar refractivity (Wildman–Crippen MR) is 124 cm³/mol. The van der Waals surface area contributed by atoms with Crippen molar-refractivity contribution in [2.45, 2.75) is 50.4 Å². The highest BCUT2D eigenvalue weighted by molar-refractivity contribution is 6.30. The second-order valence-corrected chi connectivity index (χ2v) is 9.00. The van der Waals surface area contributed by atoms with Crippen molar-refractivity contribution < 1.29 is 4.74 Å². The fraction of sp³-hybridized carbons (Fsp3) is 0.423. The van der Waals surface area contributed by atoms with Crippen LogP contribution in [0.2, 0.25) is 5.02 Å². The lowest BCUT2D eigenvalue weighted by Gasteiger charge is -2.41. The molecule has 3 nitrogen and oxygen atoms in total. The number of anilines is 1. The lowest BCUT2D eigenvalue weighted by Crippen LogP contribution is -2.46. The molecular formula is C26H29ClN2O. The van der Waals surface area contributed by atoms with E-state index < -0.39 is 0 Å². The molecule has 2 aliphatic rings. The Kier molecular flexibility index (Phi) is 6.35. The minimum absolute atomic E-state index is 0.0367. The Morgan fingerprint density at radius 1 is 1.23 bits per heavy atom. The largest absolute Gasteiger partial charge is 0.490 e. The lowest BCUT2D eigenvalue weighted by atomic mass is 9.70. The van der Waals surface area contributed by atoms with Crippen LogP contribution in [0.3, 0.4) is 0 Å². The zero-order valence-electron chi connectivity index (χ0n) is 17.5. The molecule has 0 saturated heterocycles. The minimum Gasteiger partial charge on any atom is -0.490 e. The maximum atomic E-state index is 9.16. The van der Waals surface area contributed by atoms with Crippen LogP contribution in [-0.4, -0.2) is 19.7 Å². The molecule has 156 valence electrons. The molecule has 0 amide bonds. The van der Waals surface area contributed by atoms with Gasteiger partial charge in [-0.2, -0.15) is 5.26 Å². The Hall–Kier alpha value is -2.44. The molecule has 1 spiro atoms. The summed E-state index contributed by atoms with van der Waals surface area (Å²) in [6.45, 7) is 6.44. The van der Waals surface area contributed by atoms with Crippen molar-refractivity contribution in [1.29, 1.82) is 5.26 Å². The molecule has 0 N–H and O–H groups in total. The molecule has 1 aliphatic heterocycles. The number of benzene rings is 2. The van der Waals surface area contributed by atoms with Gasteiger partial charge in [0, 0.05) is 23.5 Å². The van der Waals surface area contributed by atoms with Crippen molar-refractivity contribution in [1.82, 2.24) is 0 Å². The van der Waals surface area contributed by atoms with E-state index >= 15 is 0 Å². The molecule has 0 unspecified atom stereocenters. The average molecular weight is 421 g/mol. The minimum atomic E-state index is -0.0367. The van der Waals surface area contributed by atoms with E-state index in [1.54, 1.807) is 0 Å². The summed E-state index contributed by atoms with van der Waals surface area (Å²) in [4.78, 5) is 2.50. The van der Waals surface area contributed by atoms with Crippen LogP contribution in [0.25, 0.3) is 0 Å². The summed E-state index contributed by atoms with van der Waals surface area (Å²) in [5.74, 6) is 0.929. The van der Waals surface area contributed by atoms with E-state index in [0.717, 1.165) is 73.6 Å². The summed E-state index contributed by atoms with van der Waals surface area (Å²) in [6, 6.07) is 14.9. The monoisotopic (exact) mass is 420 g/mol. The van der Waals surface area contributed by atoms with Crippen molar-refractivity contribution >= 4 is 17.3 Å². The first-order valence-corrected chi connectivity index (χ1v) is 11.3. The standard InChI is InChI=1S/C26H29ClN2O/c1-2-3-4-5-15-29-18-26(13-6-7-21-17-22(27)9-10-23(21)26)19-30-25-11-8-20(12-14-28)16-24(25)29/h2,8-11,16-17H,1,3-7,12-13,15,18-19H2/t26-/m0/s1. The van der Waals surface area contributed by atoms with Gasteiger partial charge in [-0.05, 0) is 79.5 Å². The van der Waals surface area contributed by atoms with Crippen LogP contribution in [0.5, 0.6) is 5.75 Å². The van der Waals surface area contributed by atoms with E-state index in [1.807, 2.05) is 24.3 Å². The molecule has 2 aromatic rings. The third-order valence-electron chi connectivity index (χ3n) is 6.47. The predicted octanol–water partition coefficient (Wildman–Crippen LogP) is 6.24. The van der Waals surface area contributed by atoms with Crippen molar-refractivity contribution in [3.63, 3.8) is 0 Å². The maximum Gasteiger partial charge on any atom is 0.142 e. The molecule has 0 saturated carbocycles. The van der Waals surface area contributed by atoms with E-state index in [0.29, 0.717) is 13.0 Å². The Balaban J connectivity index is 1.71. The van der Waals surface area contributed by atoms with Gasteiger partial charge in [0.05, 0.1) is 24.8 Å². The van der Waals surface area contributed by atoms with Crippen molar-refractivity contribution in [3.8, 4) is 11.8 Å². The van der Waals surface area contributed by atoms with Gasteiger partial charge in [-0.3, -0.25) is 0 Å². The molecule has 1 aliphatic carbocycles. The highest BCUT2D eigenvalue weighted by Crippen LogP contribution is 2.44. The van der Waals surface area contributed by atoms with Crippen LogP contribution in [0.15, 0.2) is 49.1 Å². The summed E-state index contributed by atoms with van der Waals surface area (Å²) in [5, 5.41) is 9.97. The van der Waals surface area contributed by atoms with Gasteiger partial charge in [-0.1, -0.05) is 29.8 Å². The van der Waals surface area contributed by atoms with Crippen LogP contribution >= 0.6 is 11.6 Å². The molecule has 0 bridgehead atoms. The summed E-state index contributed by atoms with van der Waals surface area (Å²) in [7, 11) is 0. The molecule has 30 heavy (non-hydrogen) atoms. The van der Waals surface area contributed by atoms with E-state index in [4.69, 9.17) is 21.6 Å². The van der Waals surface area contributed by atoms with Crippen LogP contribution in [-0.2, 0) is 18.3 Å². The average Bonchev–Trinajstić information content (AvgIpc) is 2.89. The highest BCUT2D eigenvalue weighted by Gasteiger charge is 2.41. The molecule has 4 heteroatoms. The van der Waals surface area contributed by atoms with Gasteiger partial charge in [0.2, 0.25) is 0 Å². The second kappa shape index (κ2) is 9.14. The number of hydrogen-bond donors (Lipinski definition) is 0. The number of unbranched alkanes of at least 4 members (excludes halogenated alkanes) is 2. The van der Waals surface area contributed by atoms with Crippen LogP contribution in [0, 0.1) is 11.3 Å². The van der Waals surface area contributed by atoms with E-state index in [-0.39, 0.29) is 5.41 Å². The second-order valence-electron chi connectivity index (χ2n) is 8.57. The van der Waals surface area contributed by atoms with Gasteiger partial charge >= 0.3 is 0 Å². The number of rotatable bonds is 6. The van der Waals surface area contributed by atoms with E-state index in [2.05, 4.69) is 35.7 Å². The molecule has 4 rings (SSSR count). The quantitative estimate of drug-likeness (QED) is 0.410. The van der Waals surface area contributed by atoms with Crippen molar-refractivity contribution in [2.24, 2.45) is 0 Å². The highest BCUT2D eigenvalue weighted by atomic mass is 35.5. The van der Waals surface area contributed by atoms with E-state index in [1.165, 1.54) is 11.1 Å². The first-order chi connectivity index (χ1) is 14.6. The number of nitrogens with zero attached hydrogens (tertiary/aromatic N) is 2. The van der Waals surface area contributed by atoms with Gasteiger partial charge in [0.25, 0.3) is 0 Å². The molecule has 0 aromatic heterocycles. The van der Waals surface area contributed by atoms with Crippen molar-refractivity contribution in [2.75, 3.05) is 24.6 Å². The van der Waals surface area contributed by atoms with Gasteiger partial charge in [0.15, 0.2) is 0 Å². The van der Waals surface area contributed by atoms with Gasteiger partial charge in [-0.25, -0.2) is 0 Å². The number of allylic oxidation sites excluding steroid dienone is 1. The Morgan fingerprint density at radius 2 is 2.13 bits per heavy atom. The maximum absolute atomic E-state index is 9.16. The summed E-state index contributed by atoms with van der Waals surface area (Å²) < 4.78 is 6.45. The zero-order valence-corrected chi connectivity index (χ0v) is 18.3. The number of ether oxygens (including phenoxy) is 1. The number of fused-ring (bicyclic) bond motifs is 3. The summed E-state index contributed by atoms with van der Waals surface area (Å²) in [5.41, 5.74) is 4.88. The van der Waals surface area contributed by atoms with Gasteiger partial charge in [-0.15, -0.1) is 6.58 Å². The third-order valence-corrected chi connectivity index (χ3v) is 6.71. The summed E-state index contributed by atoms with van der Waals surface area (Å²) in [6.07, 6.45) is 9.04. The van der Waals surface area contributed by atoms with Gasteiger partial charge in [0.1, 0.15) is 5.75 Å². The fourth-order valence-corrected chi connectivity index (χ4v) is 5.18. The van der Waals surface area contributed by atoms with Gasteiger partial charge < -0.3 is 9.64 Å². The fourth-order valence-electron chi connectivity index (χ4n) is 4.99. The number of halogens is 1. The van der Waals surface area contributed by atoms with Crippen LogP contribution < -0.4 is 9.64 Å². The number of aryl methyl sites for hydroxylation is 1. The molecule has 0 fully saturated rings. The van der Waals surface area contributed by atoms with E-state index in [9.17, 15) is 0 Å². The number of nitriles is 1. The molecule has 1 heterocycles. The van der Waals surface area contributed by atoms with Crippen LogP contribution in [0.1, 0.15) is 48.8 Å². The first kappa shape index (κ1) is 20.8. The Bertz CT molecular complexity index is 964. The smallest absolute Gasteiger partial charge is 0.142 e. The number of hydrogen-bond acceptors (Lipinski definition) is 3. The Labute approximate surface area is 184 Å². The zero-order chi connectivity index (χ0) is 21.0. The first-order valence-electron chi connectivity index (χ1n) is 10.9. The lowest BCUT2D eigenvalue weighted by molar-refractivity contribution is 0.206. The topological polar surface area (TPSA) is 36.3 Å². The Morgan fingerprint density at radius 3 is 2.97 bits per heavy atom. The summed E-state index contributed by atoms with van der Waals surface area (Å²) >= 11 is 6.31. The third kappa shape index (κ3) is 4.20. The molecular weight excluding hydrogens is 392 g/mol. The molecule has 0 radical (unpaired) electrons. The van der Waals surface area contributed by atoms with Crippen LogP contribution in [0.4, 0.5) is 5.69 Å².